The third-order valence-electron chi connectivity index (χ3n) is 4.35. The van der Waals surface area contributed by atoms with Crippen molar-refractivity contribution >= 4 is 11.4 Å². The molecule has 1 heterocycles. The minimum atomic E-state index is -0.267. The summed E-state index contributed by atoms with van der Waals surface area (Å²) in [6.45, 7) is 2.05. The largest absolute Gasteiger partial charge is 0.277 e. The smallest absolute Gasteiger partial charge is 0.123 e. The van der Waals surface area contributed by atoms with Gasteiger partial charge in [-0.3, -0.25) is 5.10 Å². The maximum absolute atomic E-state index is 13.3. The molecule has 4 rings (SSSR count). The van der Waals surface area contributed by atoms with Gasteiger partial charge in [-0.1, -0.05) is 48.0 Å². The van der Waals surface area contributed by atoms with Gasteiger partial charge in [-0.2, -0.15) is 5.10 Å². The second kappa shape index (κ2) is 7.38. The Kier molecular flexibility index (Phi) is 4.62. The molecule has 3 aromatic carbocycles. The zero-order valence-corrected chi connectivity index (χ0v) is 14.9. The minimum Gasteiger partial charge on any atom is -0.277 e. The quantitative estimate of drug-likeness (QED) is 0.469. The number of hydrogen-bond acceptors (Lipinski definition) is 2. The molecule has 0 spiro atoms. The second-order valence-corrected chi connectivity index (χ2v) is 6.33. The predicted molar refractivity (Wildman–Crippen MR) is 107 cm³/mol. The van der Waals surface area contributed by atoms with Gasteiger partial charge in [0, 0.05) is 16.7 Å². The van der Waals surface area contributed by atoms with Crippen LogP contribution in [0.1, 0.15) is 16.7 Å². The highest BCUT2D eigenvalue weighted by molar-refractivity contribution is 6.16. The average molecular weight is 355 g/mol. The summed E-state index contributed by atoms with van der Waals surface area (Å²) in [5.74, 6) is -0.267. The van der Waals surface area contributed by atoms with Gasteiger partial charge in [0.05, 0.1) is 23.3 Å². The van der Waals surface area contributed by atoms with Gasteiger partial charge >= 0.3 is 0 Å². The highest BCUT2D eigenvalue weighted by atomic mass is 19.1. The van der Waals surface area contributed by atoms with Crippen LogP contribution in [0.15, 0.2) is 90.1 Å². The number of H-pyrrole nitrogens is 1. The first kappa shape index (κ1) is 16.9. The fourth-order valence-electron chi connectivity index (χ4n) is 2.93. The van der Waals surface area contributed by atoms with Crippen LogP contribution in [0.3, 0.4) is 0 Å². The first-order valence-corrected chi connectivity index (χ1v) is 8.71. The van der Waals surface area contributed by atoms with Crippen LogP contribution in [0.25, 0.3) is 11.3 Å². The Labute approximate surface area is 157 Å². The summed E-state index contributed by atoms with van der Waals surface area (Å²) in [6, 6.07) is 24.4. The van der Waals surface area contributed by atoms with Gasteiger partial charge < -0.3 is 0 Å². The molecule has 27 heavy (non-hydrogen) atoms. The molecule has 0 aliphatic heterocycles. The molecule has 4 heteroatoms. The second-order valence-electron chi connectivity index (χ2n) is 6.33. The zero-order valence-electron chi connectivity index (χ0n) is 14.9. The summed E-state index contributed by atoms with van der Waals surface area (Å²) in [5.41, 5.74) is 6.39. The Balaban J connectivity index is 1.87. The fourth-order valence-corrected chi connectivity index (χ4v) is 2.93. The van der Waals surface area contributed by atoms with Gasteiger partial charge in [0.2, 0.25) is 0 Å². The third kappa shape index (κ3) is 3.70. The van der Waals surface area contributed by atoms with Crippen molar-refractivity contribution < 1.29 is 4.39 Å². The molecule has 0 atom stereocenters. The van der Waals surface area contributed by atoms with Gasteiger partial charge in [-0.15, -0.1) is 0 Å². The molecule has 0 bridgehead atoms. The van der Waals surface area contributed by atoms with Crippen LogP contribution >= 0.6 is 0 Å². The first-order valence-electron chi connectivity index (χ1n) is 8.71. The van der Waals surface area contributed by atoms with Crippen molar-refractivity contribution in [1.29, 1.82) is 0 Å². The summed E-state index contributed by atoms with van der Waals surface area (Å²) in [4.78, 5) is 4.90. The van der Waals surface area contributed by atoms with E-state index in [4.69, 9.17) is 4.99 Å². The van der Waals surface area contributed by atoms with Crippen molar-refractivity contribution in [3.8, 4) is 11.3 Å². The Morgan fingerprint density at radius 2 is 1.59 bits per heavy atom. The summed E-state index contributed by atoms with van der Waals surface area (Å²) in [7, 11) is 0. The van der Waals surface area contributed by atoms with Gasteiger partial charge in [0.15, 0.2) is 0 Å². The van der Waals surface area contributed by atoms with Gasteiger partial charge in [0.1, 0.15) is 5.82 Å². The average Bonchev–Trinajstić information content (AvgIpc) is 3.18. The third-order valence-corrected chi connectivity index (χ3v) is 4.35. The van der Waals surface area contributed by atoms with Gasteiger partial charge in [0.25, 0.3) is 0 Å². The lowest BCUT2D eigenvalue weighted by Crippen LogP contribution is -2.03. The highest BCUT2D eigenvalue weighted by Gasteiger charge is 2.16. The van der Waals surface area contributed by atoms with Crippen LogP contribution in [-0.2, 0) is 0 Å². The number of benzene rings is 3. The van der Waals surface area contributed by atoms with Crippen molar-refractivity contribution in [2.75, 3.05) is 0 Å². The molecule has 0 aliphatic rings. The molecule has 0 saturated carbocycles. The first-order chi connectivity index (χ1) is 13.2. The Morgan fingerprint density at radius 3 is 2.30 bits per heavy atom. The summed E-state index contributed by atoms with van der Waals surface area (Å²) < 4.78 is 13.3. The molecule has 0 amide bonds. The number of aliphatic imine (C=N–C) groups is 1. The van der Waals surface area contributed by atoms with Crippen molar-refractivity contribution in [2.45, 2.75) is 6.92 Å². The lowest BCUT2D eigenvalue weighted by atomic mass is 9.99. The van der Waals surface area contributed by atoms with Crippen LogP contribution in [0.2, 0.25) is 0 Å². The molecule has 1 N–H and O–H groups in total. The van der Waals surface area contributed by atoms with Crippen molar-refractivity contribution in [3.05, 3.63) is 108 Å². The van der Waals surface area contributed by atoms with Crippen molar-refractivity contribution in [3.63, 3.8) is 0 Å². The van der Waals surface area contributed by atoms with Crippen molar-refractivity contribution in [2.24, 2.45) is 4.99 Å². The molecule has 0 saturated heterocycles. The Morgan fingerprint density at radius 1 is 0.889 bits per heavy atom. The van der Waals surface area contributed by atoms with E-state index in [0.717, 1.165) is 33.8 Å². The number of rotatable bonds is 4. The van der Waals surface area contributed by atoms with E-state index >= 15 is 0 Å². The van der Waals surface area contributed by atoms with E-state index in [1.54, 1.807) is 18.3 Å². The SMILES string of the molecule is Cc1ccc(N=C(c2ccccc2)c2cn[nH]c2-c2ccc(F)cc2)cc1. The number of halogens is 1. The van der Waals surface area contributed by atoms with E-state index in [1.807, 2.05) is 61.5 Å². The molecule has 0 fully saturated rings. The van der Waals surface area contributed by atoms with Gasteiger partial charge in [-0.05, 0) is 43.3 Å². The zero-order chi connectivity index (χ0) is 18.6. The molecule has 3 nitrogen and oxygen atoms in total. The Bertz CT molecular complexity index is 1060. The molecule has 0 radical (unpaired) electrons. The topological polar surface area (TPSA) is 41.0 Å². The standard InChI is InChI=1S/C23H18FN3/c1-16-7-13-20(14-8-16)26-22(17-5-3-2-4-6-17)21-15-25-27-23(21)18-9-11-19(24)12-10-18/h2-15H,1H3,(H,25,27). The molecule has 1 aromatic heterocycles. The van der Waals surface area contributed by atoms with Crippen LogP contribution < -0.4 is 0 Å². The van der Waals surface area contributed by atoms with Crippen LogP contribution in [0, 0.1) is 12.7 Å². The van der Waals surface area contributed by atoms with Crippen LogP contribution in [0.4, 0.5) is 10.1 Å². The minimum absolute atomic E-state index is 0.267. The van der Waals surface area contributed by atoms with Gasteiger partial charge in [-0.25, -0.2) is 9.38 Å². The van der Waals surface area contributed by atoms with Crippen LogP contribution in [0.5, 0.6) is 0 Å². The lowest BCUT2D eigenvalue weighted by Gasteiger charge is -2.09. The maximum atomic E-state index is 13.3. The number of nitrogens with one attached hydrogen (secondary N) is 1. The predicted octanol–water partition coefficient (Wildman–Crippen LogP) is 5.69. The number of aromatic nitrogens is 2. The highest BCUT2D eigenvalue weighted by Crippen LogP contribution is 2.26. The number of hydrogen-bond donors (Lipinski definition) is 1. The molecule has 0 aliphatic carbocycles. The fraction of sp³-hybridized carbons (Fsp3) is 0.0435. The monoisotopic (exact) mass is 355 g/mol. The lowest BCUT2D eigenvalue weighted by molar-refractivity contribution is 0.628. The van der Waals surface area contributed by atoms with E-state index < -0.39 is 0 Å². The van der Waals surface area contributed by atoms with E-state index in [1.165, 1.54) is 17.7 Å². The number of aryl methyl sites for hydroxylation is 1. The normalized spacial score (nSPS) is 11.6. The number of aromatic amines is 1. The summed E-state index contributed by atoms with van der Waals surface area (Å²) in [6.07, 6.45) is 1.76. The molecular weight excluding hydrogens is 337 g/mol. The van der Waals surface area contributed by atoms with E-state index in [2.05, 4.69) is 10.2 Å². The molecular formula is C23H18FN3. The molecule has 132 valence electrons. The maximum Gasteiger partial charge on any atom is 0.123 e. The molecule has 0 unspecified atom stereocenters. The van der Waals surface area contributed by atoms with E-state index in [0.29, 0.717) is 0 Å². The number of nitrogens with zero attached hydrogens (tertiary/aromatic N) is 2. The summed E-state index contributed by atoms with van der Waals surface area (Å²) >= 11 is 0. The van der Waals surface area contributed by atoms with Crippen LogP contribution in [-0.4, -0.2) is 15.9 Å². The van der Waals surface area contributed by atoms with E-state index in [-0.39, 0.29) is 5.82 Å². The summed E-state index contributed by atoms with van der Waals surface area (Å²) in [5, 5.41) is 7.26. The van der Waals surface area contributed by atoms with E-state index in [9.17, 15) is 4.39 Å². The molecule has 4 aromatic rings. The Hall–Kier alpha value is -3.53. The van der Waals surface area contributed by atoms with Crippen molar-refractivity contribution in [1.82, 2.24) is 10.2 Å².